The zero-order valence-electron chi connectivity index (χ0n) is 14.5. The van der Waals surface area contributed by atoms with E-state index in [2.05, 4.69) is 9.97 Å². The zero-order chi connectivity index (χ0) is 19.6. The Balaban J connectivity index is 1.89. The minimum absolute atomic E-state index is 0.150. The van der Waals surface area contributed by atoms with E-state index in [0.29, 0.717) is 43.0 Å². The fourth-order valence-corrected chi connectivity index (χ4v) is 3.21. The Morgan fingerprint density at radius 3 is 2.22 bits per heavy atom. The van der Waals surface area contributed by atoms with Gasteiger partial charge in [0, 0.05) is 26.2 Å². The summed E-state index contributed by atoms with van der Waals surface area (Å²) in [7, 11) is 0. The lowest BCUT2D eigenvalue weighted by molar-refractivity contribution is -0.130. The molecule has 2 heterocycles. The minimum atomic E-state index is -1.99. The van der Waals surface area contributed by atoms with Gasteiger partial charge in [-0.15, -0.1) is 0 Å². The molecule has 0 aliphatic carbocycles. The predicted octanol–water partition coefficient (Wildman–Crippen LogP) is 2.83. The number of alkyl halides is 3. The first kappa shape index (κ1) is 19.9. The normalized spacial score (nSPS) is 15.1. The summed E-state index contributed by atoms with van der Waals surface area (Å²) >= 11 is 17.0. The SMILES string of the molecule is CCOC(=O)c1nc2ccccc2nc1N1CCN(C(=O)C(Cl)(Cl)Cl)CC1. The van der Waals surface area contributed by atoms with E-state index < -0.39 is 15.7 Å². The zero-order valence-corrected chi connectivity index (χ0v) is 16.8. The molecule has 0 bridgehead atoms. The van der Waals surface area contributed by atoms with Gasteiger partial charge in [-0.1, -0.05) is 46.9 Å². The first-order chi connectivity index (χ1) is 12.8. The van der Waals surface area contributed by atoms with Crippen LogP contribution in [0, 0.1) is 0 Å². The number of carbonyl (C=O) groups excluding carboxylic acids is 2. The fraction of sp³-hybridized carbons (Fsp3) is 0.412. The van der Waals surface area contributed by atoms with Gasteiger partial charge < -0.3 is 14.5 Å². The number of rotatable bonds is 3. The summed E-state index contributed by atoms with van der Waals surface area (Å²) in [4.78, 5) is 36.9. The first-order valence-electron chi connectivity index (χ1n) is 8.36. The van der Waals surface area contributed by atoms with Crippen molar-refractivity contribution in [2.45, 2.75) is 10.7 Å². The lowest BCUT2D eigenvalue weighted by atomic mass is 10.2. The van der Waals surface area contributed by atoms with Crippen molar-refractivity contribution >= 4 is 63.5 Å². The summed E-state index contributed by atoms with van der Waals surface area (Å²) in [5.41, 5.74) is 1.42. The average molecular weight is 432 g/mol. The van der Waals surface area contributed by atoms with Crippen LogP contribution in [-0.4, -0.2) is 63.3 Å². The standard InChI is InChI=1S/C17H17Cl3N4O3/c1-2-27-15(25)13-14(22-12-6-4-3-5-11(12)21-13)23-7-9-24(10-8-23)16(26)17(18,19)20/h3-6H,2,7-10H2,1H3. The maximum Gasteiger partial charge on any atom is 0.360 e. The van der Waals surface area contributed by atoms with Crippen molar-refractivity contribution in [2.24, 2.45) is 0 Å². The highest BCUT2D eigenvalue weighted by Gasteiger charge is 2.37. The van der Waals surface area contributed by atoms with Gasteiger partial charge in [-0.05, 0) is 19.1 Å². The Bertz CT molecular complexity index is 864. The molecule has 1 aliphatic rings. The van der Waals surface area contributed by atoms with Crippen molar-refractivity contribution in [3.63, 3.8) is 0 Å². The van der Waals surface area contributed by atoms with Crippen LogP contribution in [0.5, 0.6) is 0 Å². The molecular formula is C17H17Cl3N4O3. The van der Waals surface area contributed by atoms with Gasteiger partial charge >= 0.3 is 5.97 Å². The highest BCUT2D eigenvalue weighted by atomic mass is 35.6. The van der Waals surface area contributed by atoms with E-state index in [0.717, 1.165) is 0 Å². The highest BCUT2D eigenvalue weighted by molar-refractivity contribution is 6.76. The average Bonchev–Trinajstić information content (AvgIpc) is 2.66. The topological polar surface area (TPSA) is 75.6 Å². The van der Waals surface area contributed by atoms with E-state index in [4.69, 9.17) is 39.5 Å². The second-order valence-electron chi connectivity index (χ2n) is 5.88. The van der Waals surface area contributed by atoms with Gasteiger partial charge in [0.1, 0.15) is 0 Å². The van der Waals surface area contributed by atoms with Gasteiger partial charge in [-0.25, -0.2) is 14.8 Å². The third kappa shape index (κ3) is 4.36. The Morgan fingerprint density at radius 2 is 1.67 bits per heavy atom. The number of aromatic nitrogens is 2. The third-order valence-electron chi connectivity index (χ3n) is 4.13. The van der Waals surface area contributed by atoms with Crippen molar-refractivity contribution in [3.8, 4) is 0 Å². The van der Waals surface area contributed by atoms with E-state index in [1.54, 1.807) is 13.0 Å². The first-order valence-corrected chi connectivity index (χ1v) is 9.49. The van der Waals surface area contributed by atoms with Crippen molar-refractivity contribution < 1.29 is 14.3 Å². The maximum atomic E-state index is 12.4. The number of fused-ring (bicyclic) bond motifs is 1. The molecule has 0 atom stereocenters. The lowest BCUT2D eigenvalue weighted by Crippen LogP contribution is -2.52. The van der Waals surface area contributed by atoms with Crippen molar-refractivity contribution in [2.75, 3.05) is 37.7 Å². The summed E-state index contributed by atoms with van der Waals surface area (Å²) < 4.78 is 3.14. The number of hydrogen-bond acceptors (Lipinski definition) is 6. The van der Waals surface area contributed by atoms with Gasteiger partial charge in [0.15, 0.2) is 11.5 Å². The van der Waals surface area contributed by atoms with E-state index in [-0.39, 0.29) is 12.3 Å². The van der Waals surface area contributed by atoms with Crippen molar-refractivity contribution in [1.82, 2.24) is 14.9 Å². The number of para-hydroxylation sites is 2. The summed E-state index contributed by atoms with van der Waals surface area (Å²) in [6.07, 6.45) is 0. The van der Waals surface area contributed by atoms with Crippen LogP contribution in [0.25, 0.3) is 11.0 Å². The number of nitrogens with zero attached hydrogens (tertiary/aromatic N) is 4. The molecule has 0 N–H and O–H groups in total. The number of hydrogen-bond donors (Lipinski definition) is 0. The predicted molar refractivity (Wildman–Crippen MR) is 105 cm³/mol. The van der Waals surface area contributed by atoms with Gasteiger partial charge in [-0.3, -0.25) is 4.79 Å². The maximum absolute atomic E-state index is 12.4. The molecule has 0 spiro atoms. The highest BCUT2D eigenvalue weighted by Crippen LogP contribution is 2.30. The van der Waals surface area contributed by atoms with Crippen LogP contribution in [0.1, 0.15) is 17.4 Å². The Morgan fingerprint density at radius 1 is 1.07 bits per heavy atom. The molecule has 2 aromatic rings. The second kappa shape index (κ2) is 8.04. The molecule has 1 aliphatic heterocycles. The fourth-order valence-electron chi connectivity index (χ4n) is 2.85. The molecule has 7 nitrogen and oxygen atoms in total. The second-order valence-corrected chi connectivity index (χ2v) is 8.16. The number of halogens is 3. The van der Waals surface area contributed by atoms with Crippen LogP contribution in [-0.2, 0) is 9.53 Å². The third-order valence-corrected chi connectivity index (χ3v) is 4.61. The molecule has 27 heavy (non-hydrogen) atoms. The molecule has 0 unspecified atom stereocenters. The van der Waals surface area contributed by atoms with E-state index in [1.165, 1.54) is 4.90 Å². The van der Waals surface area contributed by atoms with Crippen LogP contribution >= 0.6 is 34.8 Å². The number of ether oxygens (including phenoxy) is 1. The summed E-state index contributed by atoms with van der Waals surface area (Å²) in [6.45, 7) is 3.48. The Labute approximate surface area is 171 Å². The minimum Gasteiger partial charge on any atom is -0.461 e. The molecule has 144 valence electrons. The van der Waals surface area contributed by atoms with Gasteiger partial charge in [0.2, 0.25) is 0 Å². The lowest BCUT2D eigenvalue weighted by Gasteiger charge is -2.36. The van der Waals surface area contributed by atoms with Gasteiger partial charge in [-0.2, -0.15) is 0 Å². The largest absolute Gasteiger partial charge is 0.461 e. The van der Waals surface area contributed by atoms with Crippen molar-refractivity contribution in [3.05, 3.63) is 30.0 Å². The number of carbonyl (C=O) groups is 2. The Hall–Kier alpha value is -1.83. The molecule has 0 saturated carbocycles. The molecule has 3 rings (SSSR count). The van der Waals surface area contributed by atoms with Gasteiger partial charge in [0.25, 0.3) is 9.70 Å². The monoisotopic (exact) mass is 430 g/mol. The molecule has 0 radical (unpaired) electrons. The number of anilines is 1. The quantitative estimate of drug-likeness (QED) is 0.549. The summed E-state index contributed by atoms with van der Waals surface area (Å²) in [5, 5.41) is 0. The van der Waals surface area contributed by atoms with E-state index >= 15 is 0 Å². The number of amides is 1. The van der Waals surface area contributed by atoms with Gasteiger partial charge in [0.05, 0.1) is 17.6 Å². The number of benzene rings is 1. The smallest absolute Gasteiger partial charge is 0.360 e. The summed E-state index contributed by atoms with van der Waals surface area (Å²) in [5.74, 6) is -0.680. The molecular weight excluding hydrogens is 415 g/mol. The molecule has 1 aromatic heterocycles. The molecule has 1 saturated heterocycles. The number of esters is 1. The molecule has 10 heteroatoms. The van der Waals surface area contributed by atoms with E-state index in [1.807, 2.05) is 23.1 Å². The Kier molecular flexibility index (Phi) is 5.93. The van der Waals surface area contributed by atoms with Crippen molar-refractivity contribution in [1.29, 1.82) is 0 Å². The van der Waals surface area contributed by atoms with Crippen LogP contribution in [0.2, 0.25) is 0 Å². The van der Waals surface area contributed by atoms with Crippen LogP contribution < -0.4 is 4.90 Å². The van der Waals surface area contributed by atoms with Crippen LogP contribution in [0.4, 0.5) is 5.82 Å². The van der Waals surface area contributed by atoms with Crippen LogP contribution in [0.15, 0.2) is 24.3 Å². The number of piperazine rings is 1. The molecule has 1 aromatic carbocycles. The molecule has 1 fully saturated rings. The molecule has 1 amide bonds. The summed E-state index contributed by atoms with van der Waals surface area (Å²) in [6, 6.07) is 7.28. The van der Waals surface area contributed by atoms with Crippen LogP contribution in [0.3, 0.4) is 0 Å². The van der Waals surface area contributed by atoms with E-state index in [9.17, 15) is 9.59 Å².